The van der Waals surface area contributed by atoms with Crippen LogP contribution >= 0.6 is 11.6 Å². The summed E-state index contributed by atoms with van der Waals surface area (Å²) in [5.41, 5.74) is 4.31. The van der Waals surface area contributed by atoms with Crippen LogP contribution in [-0.2, 0) is 9.59 Å². The highest BCUT2D eigenvalue weighted by Crippen LogP contribution is 2.27. The lowest BCUT2D eigenvalue weighted by Gasteiger charge is -2.17. The molecule has 1 heterocycles. The number of rotatable bonds is 9. The minimum atomic E-state index is -0.807. The van der Waals surface area contributed by atoms with Gasteiger partial charge in [0.05, 0.1) is 0 Å². The van der Waals surface area contributed by atoms with Crippen LogP contribution in [0, 0.1) is 0 Å². The number of carbonyl (C=O) groups excluding carboxylic acids is 1. The number of unbranched alkanes of at least 4 members (excludes halogenated alkanes) is 1. The van der Waals surface area contributed by atoms with Gasteiger partial charge in [0.25, 0.3) is 5.91 Å². The monoisotopic (exact) mass is 460 g/mol. The Kier molecular flexibility index (Phi) is 8.56. The Morgan fingerprint density at radius 1 is 1.06 bits per heavy atom. The van der Waals surface area contributed by atoms with E-state index in [1.165, 1.54) is 6.08 Å². The van der Waals surface area contributed by atoms with Gasteiger partial charge in [-0.3, -0.25) is 14.6 Å². The molecule has 0 bridgehead atoms. The topological polar surface area (TPSA) is 70.5 Å². The van der Waals surface area contributed by atoms with Crippen molar-refractivity contribution in [2.45, 2.75) is 19.3 Å². The molecular weight excluding hydrogens is 436 g/mol. The van der Waals surface area contributed by atoms with Gasteiger partial charge in [-0.1, -0.05) is 54.1 Å². The number of hydrogen-bond acceptors (Lipinski definition) is 3. The van der Waals surface area contributed by atoms with E-state index in [2.05, 4.69) is 4.98 Å². The zero-order valence-electron chi connectivity index (χ0n) is 18.3. The third-order valence-corrected chi connectivity index (χ3v) is 5.45. The lowest BCUT2D eigenvalue weighted by Crippen LogP contribution is -2.24. The Hall–Kier alpha value is -3.70. The van der Waals surface area contributed by atoms with Gasteiger partial charge in [-0.15, -0.1) is 0 Å². The zero-order valence-corrected chi connectivity index (χ0v) is 19.1. The summed E-state index contributed by atoms with van der Waals surface area (Å²) in [5, 5.41) is 9.50. The molecule has 1 amide bonds. The molecule has 5 nitrogen and oxygen atoms in total. The van der Waals surface area contributed by atoms with E-state index >= 15 is 0 Å². The van der Waals surface area contributed by atoms with Gasteiger partial charge in [0, 0.05) is 48.2 Å². The summed E-state index contributed by atoms with van der Waals surface area (Å²) >= 11 is 6.17. The van der Waals surface area contributed by atoms with E-state index in [-0.39, 0.29) is 12.3 Å². The van der Waals surface area contributed by atoms with Crippen molar-refractivity contribution >= 4 is 40.8 Å². The molecule has 2 aromatic carbocycles. The molecule has 3 aromatic rings. The number of likely N-dealkylation sites (N-methyl/N-ethyl adjacent to an activating group) is 1. The Balaban J connectivity index is 1.84. The van der Waals surface area contributed by atoms with Gasteiger partial charge in [-0.25, -0.2) is 0 Å². The van der Waals surface area contributed by atoms with Crippen LogP contribution in [0.4, 0.5) is 5.69 Å². The summed E-state index contributed by atoms with van der Waals surface area (Å²) in [6, 6.07) is 18.8. The Labute approximate surface area is 198 Å². The maximum atomic E-state index is 12.8. The number of amides is 1. The van der Waals surface area contributed by atoms with E-state index in [0.29, 0.717) is 17.9 Å². The third-order valence-electron chi connectivity index (χ3n) is 5.10. The number of aliphatic carboxylic acids is 1. The van der Waals surface area contributed by atoms with Crippen LogP contribution in [0.15, 0.2) is 85.2 Å². The number of halogens is 1. The molecular formula is C27H25ClN2O3. The van der Waals surface area contributed by atoms with Crippen LogP contribution in [0.25, 0.3) is 11.6 Å². The summed E-state index contributed by atoms with van der Waals surface area (Å²) < 4.78 is 0. The SMILES string of the molecule is CN(C(=O)/C=C/c1ccccc1Cl)c1cccc(C(=CCCCC(=O)O)c2cccnc2)c1. The van der Waals surface area contributed by atoms with Crippen LogP contribution in [0.3, 0.4) is 0 Å². The first kappa shape index (κ1) is 24.0. The number of carboxylic acids is 1. The molecule has 0 saturated carbocycles. The molecule has 0 aliphatic heterocycles. The minimum Gasteiger partial charge on any atom is -0.481 e. The van der Waals surface area contributed by atoms with Crippen LogP contribution in [0.1, 0.15) is 36.0 Å². The second kappa shape index (κ2) is 11.8. The van der Waals surface area contributed by atoms with E-state index < -0.39 is 5.97 Å². The largest absolute Gasteiger partial charge is 0.481 e. The molecule has 0 fully saturated rings. The standard InChI is InChI=1S/C27H25ClN2O3/c1-30(26(31)16-15-20-8-2-4-13-25(20)28)23-11-6-9-21(18-23)24(12-3-5-14-27(32)33)22-10-7-17-29-19-22/h2,4,6-13,15-19H,3,5,14H2,1H3,(H,32,33)/b16-15+,24-12?. The number of allylic oxidation sites excluding steroid dienone is 1. The van der Waals surface area contributed by atoms with Crippen molar-refractivity contribution in [3.05, 3.63) is 107 Å². The maximum absolute atomic E-state index is 12.8. The van der Waals surface area contributed by atoms with Gasteiger partial charge < -0.3 is 10.0 Å². The summed E-state index contributed by atoms with van der Waals surface area (Å²) in [5.74, 6) is -0.987. The van der Waals surface area contributed by atoms with Crippen molar-refractivity contribution in [3.63, 3.8) is 0 Å². The van der Waals surface area contributed by atoms with Gasteiger partial charge in [0.1, 0.15) is 0 Å². The van der Waals surface area contributed by atoms with Crippen molar-refractivity contribution < 1.29 is 14.7 Å². The smallest absolute Gasteiger partial charge is 0.303 e. The molecule has 0 saturated heterocycles. The highest BCUT2D eigenvalue weighted by Gasteiger charge is 2.11. The molecule has 3 rings (SSSR count). The number of anilines is 1. The first-order chi connectivity index (χ1) is 16.0. The molecule has 1 aromatic heterocycles. The zero-order chi connectivity index (χ0) is 23.6. The van der Waals surface area contributed by atoms with Gasteiger partial charge >= 0.3 is 5.97 Å². The molecule has 0 atom stereocenters. The van der Waals surface area contributed by atoms with Crippen molar-refractivity contribution in [2.75, 3.05) is 11.9 Å². The predicted octanol–water partition coefficient (Wildman–Crippen LogP) is 6.10. The fourth-order valence-electron chi connectivity index (χ4n) is 3.32. The van der Waals surface area contributed by atoms with Crippen LogP contribution < -0.4 is 4.90 Å². The van der Waals surface area contributed by atoms with Crippen molar-refractivity contribution in [2.24, 2.45) is 0 Å². The number of carbonyl (C=O) groups is 2. The van der Waals surface area contributed by atoms with Gasteiger partial charge in [-0.2, -0.15) is 0 Å². The van der Waals surface area contributed by atoms with E-state index in [4.69, 9.17) is 16.7 Å². The molecule has 0 spiro atoms. The average Bonchev–Trinajstić information content (AvgIpc) is 2.83. The second-order valence-electron chi connectivity index (χ2n) is 7.45. The molecule has 6 heteroatoms. The quantitative estimate of drug-likeness (QED) is 0.309. The van der Waals surface area contributed by atoms with Crippen molar-refractivity contribution in [3.8, 4) is 0 Å². The highest BCUT2D eigenvalue weighted by molar-refractivity contribution is 6.32. The Morgan fingerprint density at radius 3 is 2.58 bits per heavy atom. The van der Waals surface area contributed by atoms with Gasteiger partial charge in [0.15, 0.2) is 0 Å². The Bertz CT molecular complexity index is 1170. The molecule has 0 radical (unpaired) electrons. The van der Waals surface area contributed by atoms with Crippen LogP contribution in [-0.4, -0.2) is 29.0 Å². The van der Waals surface area contributed by atoms with E-state index in [9.17, 15) is 9.59 Å². The lowest BCUT2D eigenvalue weighted by atomic mass is 9.97. The lowest BCUT2D eigenvalue weighted by molar-refractivity contribution is -0.137. The first-order valence-electron chi connectivity index (χ1n) is 10.6. The number of carboxylic acid groups (broad SMARTS) is 1. The molecule has 0 aliphatic carbocycles. The molecule has 0 aliphatic rings. The fraction of sp³-hybridized carbons (Fsp3) is 0.148. The highest BCUT2D eigenvalue weighted by atomic mass is 35.5. The summed E-state index contributed by atoms with van der Waals surface area (Å²) in [6.07, 6.45) is 9.99. The van der Waals surface area contributed by atoms with E-state index in [0.717, 1.165) is 28.0 Å². The molecule has 1 N–H and O–H groups in total. The number of pyridine rings is 1. The number of benzene rings is 2. The number of hydrogen-bond donors (Lipinski definition) is 1. The Morgan fingerprint density at radius 2 is 1.85 bits per heavy atom. The van der Waals surface area contributed by atoms with Gasteiger partial charge in [-0.05, 0) is 59.9 Å². The normalized spacial score (nSPS) is 11.5. The van der Waals surface area contributed by atoms with E-state index in [1.807, 2.05) is 60.7 Å². The molecule has 33 heavy (non-hydrogen) atoms. The predicted molar refractivity (Wildman–Crippen MR) is 133 cm³/mol. The van der Waals surface area contributed by atoms with E-state index in [1.54, 1.807) is 36.5 Å². The number of nitrogens with zero attached hydrogens (tertiary/aromatic N) is 2. The summed E-state index contributed by atoms with van der Waals surface area (Å²) in [6.45, 7) is 0. The third kappa shape index (κ3) is 6.89. The minimum absolute atomic E-state index is 0.117. The first-order valence-corrected chi connectivity index (χ1v) is 11.0. The summed E-state index contributed by atoms with van der Waals surface area (Å²) in [7, 11) is 1.72. The van der Waals surface area contributed by atoms with Crippen LogP contribution in [0.5, 0.6) is 0 Å². The molecule has 168 valence electrons. The fourth-order valence-corrected chi connectivity index (χ4v) is 3.52. The van der Waals surface area contributed by atoms with Crippen molar-refractivity contribution in [1.82, 2.24) is 4.98 Å². The second-order valence-corrected chi connectivity index (χ2v) is 7.86. The average molecular weight is 461 g/mol. The summed E-state index contributed by atoms with van der Waals surface area (Å²) in [4.78, 5) is 29.4. The van der Waals surface area contributed by atoms with Gasteiger partial charge in [0.2, 0.25) is 0 Å². The van der Waals surface area contributed by atoms with Crippen molar-refractivity contribution in [1.29, 1.82) is 0 Å². The maximum Gasteiger partial charge on any atom is 0.303 e. The number of aromatic nitrogens is 1. The van der Waals surface area contributed by atoms with Crippen LogP contribution in [0.2, 0.25) is 5.02 Å². The molecule has 0 unspecified atom stereocenters.